The van der Waals surface area contributed by atoms with Crippen molar-refractivity contribution in [3.63, 3.8) is 0 Å². The quantitative estimate of drug-likeness (QED) is 0.729. The fourth-order valence-corrected chi connectivity index (χ4v) is 1.74. The molecule has 15 heavy (non-hydrogen) atoms. The lowest BCUT2D eigenvalue weighted by Gasteiger charge is -2.30. The normalized spacial score (nSPS) is 15.7. The van der Waals surface area contributed by atoms with Gasteiger partial charge in [0.15, 0.2) is 0 Å². The summed E-state index contributed by atoms with van der Waals surface area (Å²) in [5.74, 6) is 1.22. The van der Waals surface area contributed by atoms with E-state index in [4.69, 9.17) is 11.0 Å². The van der Waals surface area contributed by atoms with Crippen molar-refractivity contribution >= 4 is 0 Å². The Balaban J connectivity index is 4.31. The van der Waals surface area contributed by atoms with Crippen molar-refractivity contribution in [2.45, 2.75) is 40.2 Å². The van der Waals surface area contributed by atoms with Gasteiger partial charge in [-0.25, -0.2) is 0 Å². The van der Waals surface area contributed by atoms with Gasteiger partial charge in [0.1, 0.15) is 5.54 Å². The van der Waals surface area contributed by atoms with Gasteiger partial charge >= 0.3 is 0 Å². The highest BCUT2D eigenvalue weighted by Gasteiger charge is 2.22. The Labute approximate surface area is 94.2 Å². The average Bonchev–Trinajstić information content (AvgIpc) is 2.00. The summed E-state index contributed by atoms with van der Waals surface area (Å²) in [5.41, 5.74) is 5.13. The first-order chi connectivity index (χ1) is 6.76. The third-order valence-corrected chi connectivity index (χ3v) is 2.05. The molecule has 0 aliphatic carbocycles. The summed E-state index contributed by atoms with van der Waals surface area (Å²) >= 11 is 0. The molecule has 0 fully saturated rings. The molecule has 0 aromatic heterocycles. The molecule has 3 heteroatoms. The second-order valence-corrected chi connectivity index (χ2v) is 5.51. The molecule has 0 aliphatic rings. The van der Waals surface area contributed by atoms with Crippen molar-refractivity contribution in [1.29, 1.82) is 5.26 Å². The van der Waals surface area contributed by atoms with Crippen LogP contribution >= 0.6 is 0 Å². The van der Waals surface area contributed by atoms with Gasteiger partial charge in [-0.2, -0.15) is 5.26 Å². The molecular weight excluding hydrogens is 186 g/mol. The minimum Gasteiger partial charge on any atom is -0.313 e. The van der Waals surface area contributed by atoms with E-state index in [1.165, 1.54) is 0 Å². The predicted octanol–water partition coefficient (Wildman–Crippen LogP) is 1.84. The Morgan fingerprint density at radius 1 is 1.20 bits per heavy atom. The standard InChI is InChI=1S/C12H25N3/c1-10(2)6-15(7-11(3)4)9-12(5,14)8-13/h10-11H,6-7,9,14H2,1-5H3. The van der Waals surface area contributed by atoms with E-state index in [1.54, 1.807) is 6.92 Å². The SMILES string of the molecule is CC(C)CN(CC(C)C)CC(C)(N)C#N. The van der Waals surface area contributed by atoms with Crippen LogP contribution in [0.5, 0.6) is 0 Å². The summed E-state index contributed by atoms with van der Waals surface area (Å²) in [5, 5.41) is 8.91. The Morgan fingerprint density at radius 2 is 1.60 bits per heavy atom. The van der Waals surface area contributed by atoms with Crippen molar-refractivity contribution in [1.82, 2.24) is 4.90 Å². The molecule has 0 amide bonds. The fourth-order valence-electron chi connectivity index (χ4n) is 1.74. The van der Waals surface area contributed by atoms with Crippen molar-refractivity contribution < 1.29 is 0 Å². The first-order valence-electron chi connectivity index (χ1n) is 5.69. The Bertz CT molecular complexity index is 203. The summed E-state index contributed by atoms with van der Waals surface area (Å²) in [6.07, 6.45) is 0. The van der Waals surface area contributed by atoms with Crippen LogP contribution in [0.1, 0.15) is 34.6 Å². The van der Waals surface area contributed by atoms with E-state index in [0.717, 1.165) is 13.1 Å². The molecule has 0 bridgehead atoms. The molecule has 0 saturated carbocycles. The van der Waals surface area contributed by atoms with E-state index in [1.807, 2.05) is 0 Å². The molecule has 0 radical (unpaired) electrons. The molecular formula is C12H25N3. The maximum atomic E-state index is 8.91. The maximum Gasteiger partial charge on any atom is 0.114 e. The molecule has 88 valence electrons. The first-order valence-corrected chi connectivity index (χ1v) is 5.69. The van der Waals surface area contributed by atoms with Crippen LogP contribution in [-0.4, -0.2) is 30.1 Å². The lowest BCUT2D eigenvalue weighted by molar-refractivity contribution is 0.195. The third-order valence-electron chi connectivity index (χ3n) is 2.05. The third kappa shape index (κ3) is 7.35. The molecule has 3 nitrogen and oxygen atoms in total. The van der Waals surface area contributed by atoms with Gasteiger partial charge in [0.25, 0.3) is 0 Å². The van der Waals surface area contributed by atoms with Crippen LogP contribution in [0.4, 0.5) is 0 Å². The van der Waals surface area contributed by atoms with Crippen molar-refractivity contribution in [2.75, 3.05) is 19.6 Å². The van der Waals surface area contributed by atoms with Crippen LogP contribution in [-0.2, 0) is 0 Å². The van der Waals surface area contributed by atoms with E-state index in [-0.39, 0.29) is 0 Å². The molecule has 0 aromatic rings. The summed E-state index contributed by atoms with van der Waals surface area (Å²) < 4.78 is 0. The highest BCUT2D eigenvalue weighted by molar-refractivity contribution is 5.03. The number of hydrogen-bond donors (Lipinski definition) is 1. The lowest BCUT2D eigenvalue weighted by Crippen LogP contribution is -2.48. The zero-order chi connectivity index (χ0) is 12.1. The Kier molecular flexibility index (Phi) is 5.85. The monoisotopic (exact) mass is 211 g/mol. The van der Waals surface area contributed by atoms with Gasteiger partial charge in [-0.3, -0.25) is 4.90 Å². The highest BCUT2D eigenvalue weighted by atomic mass is 15.1. The average molecular weight is 211 g/mol. The molecule has 0 aliphatic heterocycles. The first kappa shape index (κ1) is 14.4. The second-order valence-electron chi connectivity index (χ2n) is 5.51. The minimum absolute atomic E-state index is 0.609. The van der Waals surface area contributed by atoms with Crippen LogP contribution in [0.3, 0.4) is 0 Å². The van der Waals surface area contributed by atoms with Gasteiger partial charge < -0.3 is 5.73 Å². The lowest BCUT2D eigenvalue weighted by atomic mass is 10.0. The molecule has 2 N–H and O–H groups in total. The van der Waals surface area contributed by atoms with Crippen molar-refractivity contribution in [3.8, 4) is 6.07 Å². The highest BCUT2D eigenvalue weighted by Crippen LogP contribution is 2.08. The van der Waals surface area contributed by atoms with Crippen LogP contribution < -0.4 is 5.73 Å². The molecule has 0 spiro atoms. The van der Waals surface area contributed by atoms with Crippen LogP contribution in [0.15, 0.2) is 0 Å². The number of hydrogen-bond acceptors (Lipinski definition) is 3. The van der Waals surface area contributed by atoms with Gasteiger partial charge in [-0.05, 0) is 18.8 Å². The van der Waals surface area contributed by atoms with Crippen LogP contribution in [0.2, 0.25) is 0 Å². The van der Waals surface area contributed by atoms with Gasteiger partial charge in [-0.15, -0.1) is 0 Å². The molecule has 0 aromatic carbocycles. The van der Waals surface area contributed by atoms with Gasteiger partial charge in [0.2, 0.25) is 0 Å². The van der Waals surface area contributed by atoms with E-state index < -0.39 is 5.54 Å². The second kappa shape index (κ2) is 6.09. The fraction of sp³-hybridized carbons (Fsp3) is 0.917. The van der Waals surface area contributed by atoms with Crippen LogP contribution in [0, 0.1) is 23.2 Å². The molecule has 1 unspecified atom stereocenters. The topological polar surface area (TPSA) is 53.0 Å². The van der Waals surface area contributed by atoms with Crippen molar-refractivity contribution in [2.24, 2.45) is 17.6 Å². The molecule has 0 rings (SSSR count). The largest absolute Gasteiger partial charge is 0.313 e. The zero-order valence-corrected chi connectivity index (χ0v) is 10.7. The van der Waals surface area contributed by atoms with Crippen LogP contribution in [0.25, 0.3) is 0 Å². The zero-order valence-electron chi connectivity index (χ0n) is 10.7. The number of nitrogens with zero attached hydrogens (tertiary/aromatic N) is 2. The van der Waals surface area contributed by atoms with Crippen molar-refractivity contribution in [3.05, 3.63) is 0 Å². The summed E-state index contributed by atoms with van der Waals surface area (Å²) in [6, 6.07) is 2.15. The smallest absolute Gasteiger partial charge is 0.114 e. The summed E-state index contributed by atoms with van der Waals surface area (Å²) in [4.78, 5) is 2.29. The van der Waals surface area contributed by atoms with E-state index in [9.17, 15) is 0 Å². The summed E-state index contributed by atoms with van der Waals surface area (Å²) in [6.45, 7) is 13.2. The number of rotatable bonds is 6. The van der Waals surface area contributed by atoms with E-state index >= 15 is 0 Å². The molecule has 1 atom stereocenters. The Hall–Kier alpha value is -0.590. The molecule has 0 saturated heterocycles. The van der Waals surface area contributed by atoms with E-state index in [0.29, 0.717) is 18.4 Å². The molecule has 0 heterocycles. The minimum atomic E-state index is -0.732. The van der Waals surface area contributed by atoms with Gasteiger partial charge in [-0.1, -0.05) is 27.7 Å². The van der Waals surface area contributed by atoms with Gasteiger partial charge in [0, 0.05) is 19.6 Å². The summed E-state index contributed by atoms with van der Waals surface area (Å²) in [7, 11) is 0. The van der Waals surface area contributed by atoms with E-state index in [2.05, 4.69) is 38.7 Å². The van der Waals surface area contributed by atoms with Gasteiger partial charge in [0.05, 0.1) is 6.07 Å². The predicted molar refractivity (Wildman–Crippen MR) is 64.3 cm³/mol. The maximum absolute atomic E-state index is 8.91. The number of nitriles is 1. The Morgan fingerprint density at radius 3 is 1.87 bits per heavy atom. The number of nitrogens with two attached hydrogens (primary N) is 1.